The first-order valence-electron chi connectivity index (χ1n) is 14.3. The third-order valence-electron chi connectivity index (χ3n) is 7.07. The fraction of sp³-hybridized carbons (Fsp3) is 0.545. The quantitative estimate of drug-likeness (QED) is 0.328. The molecule has 0 aliphatic heterocycles. The van der Waals surface area contributed by atoms with Crippen molar-refractivity contribution in [2.75, 3.05) is 5.32 Å². The van der Waals surface area contributed by atoms with Gasteiger partial charge in [0.2, 0.25) is 5.91 Å². The Morgan fingerprint density at radius 3 is 1.80 bits per heavy atom. The zero-order valence-electron chi connectivity index (χ0n) is 26.3. The fourth-order valence-electron chi connectivity index (χ4n) is 4.94. The number of nitrogens with one attached hydrogen (secondary N) is 2. The molecule has 40 heavy (non-hydrogen) atoms. The van der Waals surface area contributed by atoms with Crippen LogP contribution in [0.5, 0.6) is 0 Å². The van der Waals surface area contributed by atoms with Gasteiger partial charge in [0.25, 0.3) is 5.91 Å². The van der Waals surface area contributed by atoms with Crippen LogP contribution in [0.3, 0.4) is 0 Å². The molecular formula is C33H49N3O4. The molecule has 2 aromatic rings. The number of alkyl carbamates (subject to hydrolysis) is 1. The lowest BCUT2D eigenvalue weighted by atomic mass is 9.91. The number of aryl methyl sites for hydroxylation is 4. The van der Waals surface area contributed by atoms with Gasteiger partial charge in [-0.25, -0.2) is 4.79 Å². The number of amides is 3. The zero-order chi connectivity index (χ0) is 30.4. The molecule has 2 N–H and O–H groups in total. The van der Waals surface area contributed by atoms with Gasteiger partial charge in [-0.3, -0.25) is 9.59 Å². The summed E-state index contributed by atoms with van der Waals surface area (Å²) in [5.74, 6) is -0.200. The molecule has 0 spiro atoms. The number of carbonyl (C=O) groups is 3. The highest BCUT2D eigenvalue weighted by Crippen LogP contribution is 2.33. The number of hydrogen-bond acceptors (Lipinski definition) is 4. The summed E-state index contributed by atoms with van der Waals surface area (Å²) < 4.78 is 5.41. The predicted molar refractivity (Wildman–Crippen MR) is 162 cm³/mol. The zero-order valence-corrected chi connectivity index (χ0v) is 26.3. The Morgan fingerprint density at radius 1 is 0.825 bits per heavy atom. The predicted octanol–water partition coefficient (Wildman–Crippen LogP) is 7.17. The molecule has 7 heteroatoms. The summed E-state index contributed by atoms with van der Waals surface area (Å²) in [6.07, 6.45) is 0.920. The molecule has 3 unspecified atom stereocenters. The summed E-state index contributed by atoms with van der Waals surface area (Å²) in [6, 6.07) is 9.67. The summed E-state index contributed by atoms with van der Waals surface area (Å²) in [5.41, 5.74) is 4.56. The Bertz CT molecular complexity index is 1160. The van der Waals surface area contributed by atoms with E-state index < -0.39 is 23.8 Å². The monoisotopic (exact) mass is 551 g/mol. The van der Waals surface area contributed by atoms with Gasteiger partial charge in [0.15, 0.2) is 0 Å². The molecule has 0 radical (unpaired) electrons. The molecule has 0 saturated heterocycles. The molecule has 2 aromatic carbocycles. The molecule has 7 nitrogen and oxygen atoms in total. The van der Waals surface area contributed by atoms with Crippen molar-refractivity contribution in [3.05, 3.63) is 64.2 Å². The molecule has 0 heterocycles. The number of hydrogen-bond donors (Lipinski definition) is 2. The maximum atomic E-state index is 14.3. The van der Waals surface area contributed by atoms with Crippen LogP contribution in [0.25, 0.3) is 0 Å². The molecule has 0 saturated carbocycles. The number of nitrogens with zero attached hydrogens (tertiary/aromatic N) is 1. The highest BCUT2D eigenvalue weighted by atomic mass is 16.6. The van der Waals surface area contributed by atoms with Gasteiger partial charge < -0.3 is 20.3 Å². The van der Waals surface area contributed by atoms with E-state index in [0.717, 1.165) is 39.9 Å². The number of para-hydroxylation sites is 1. The van der Waals surface area contributed by atoms with Gasteiger partial charge >= 0.3 is 6.09 Å². The summed E-state index contributed by atoms with van der Waals surface area (Å²) in [5, 5.41) is 5.85. The second-order valence-electron chi connectivity index (χ2n) is 12.4. The Hall–Kier alpha value is -3.35. The maximum absolute atomic E-state index is 14.3. The Labute approximate surface area is 241 Å². The summed E-state index contributed by atoms with van der Waals surface area (Å²) in [6.45, 7) is 21.1. The van der Waals surface area contributed by atoms with E-state index in [1.807, 2.05) is 71.0 Å². The van der Waals surface area contributed by atoms with Gasteiger partial charge in [-0.2, -0.15) is 0 Å². The number of carbonyl (C=O) groups excluding carboxylic acids is 3. The molecule has 3 amide bonds. The lowest BCUT2D eigenvalue weighted by Crippen LogP contribution is -2.54. The van der Waals surface area contributed by atoms with Gasteiger partial charge in [-0.15, -0.1) is 0 Å². The minimum absolute atomic E-state index is 0.273. The van der Waals surface area contributed by atoms with Crippen molar-refractivity contribution in [2.45, 2.75) is 113 Å². The topological polar surface area (TPSA) is 87.7 Å². The summed E-state index contributed by atoms with van der Waals surface area (Å²) >= 11 is 0. The van der Waals surface area contributed by atoms with Crippen LogP contribution >= 0.6 is 0 Å². The van der Waals surface area contributed by atoms with Crippen molar-refractivity contribution in [3.63, 3.8) is 0 Å². The van der Waals surface area contributed by atoms with E-state index >= 15 is 0 Å². The Balaban J connectivity index is 2.64. The highest BCUT2D eigenvalue weighted by Gasteiger charge is 2.39. The summed E-state index contributed by atoms with van der Waals surface area (Å²) in [4.78, 5) is 42.8. The van der Waals surface area contributed by atoms with Gasteiger partial charge in [0, 0.05) is 11.7 Å². The molecule has 0 bridgehead atoms. The van der Waals surface area contributed by atoms with Gasteiger partial charge in [-0.05, 0) is 109 Å². The first-order chi connectivity index (χ1) is 18.5. The molecule has 0 aromatic heterocycles. The summed E-state index contributed by atoms with van der Waals surface area (Å²) in [7, 11) is 0. The van der Waals surface area contributed by atoms with E-state index in [9.17, 15) is 14.4 Å². The van der Waals surface area contributed by atoms with E-state index in [-0.39, 0.29) is 17.9 Å². The van der Waals surface area contributed by atoms with Crippen molar-refractivity contribution < 1.29 is 19.1 Å². The normalized spacial score (nSPS) is 13.8. The van der Waals surface area contributed by atoms with Crippen LogP contribution < -0.4 is 10.6 Å². The largest absolute Gasteiger partial charge is 0.444 e. The smallest absolute Gasteiger partial charge is 0.408 e. The van der Waals surface area contributed by atoms with Crippen LogP contribution in [0.1, 0.15) is 95.2 Å². The average molecular weight is 552 g/mol. The van der Waals surface area contributed by atoms with Gasteiger partial charge in [0.05, 0.1) is 0 Å². The molecule has 2 rings (SSSR count). The molecule has 0 fully saturated rings. The average Bonchev–Trinajstić information content (AvgIpc) is 2.82. The first-order valence-corrected chi connectivity index (χ1v) is 14.3. The second-order valence-corrected chi connectivity index (χ2v) is 12.4. The SMILES string of the molecule is Cc1cccc(C)c1NC(=O)C(c1c(C)cccc1C)N(C(=O)C(C)NC(=O)OC(C)(C)C)C(C)CCC(C)C. The van der Waals surface area contributed by atoms with Crippen LogP contribution in [0.15, 0.2) is 36.4 Å². The second kappa shape index (κ2) is 13.8. The lowest BCUT2D eigenvalue weighted by Gasteiger charge is -2.39. The minimum atomic E-state index is -0.906. The van der Waals surface area contributed by atoms with E-state index in [4.69, 9.17) is 4.74 Å². The third-order valence-corrected chi connectivity index (χ3v) is 7.07. The van der Waals surface area contributed by atoms with Crippen LogP contribution in [0, 0.1) is 33.6 Å². The van der Waals surface area contributed by atoms with Crippen LogP contribution in [0.2, 0.25) is 0 Å². The van der Waals surface area contributed by atoms with Crippen molar-refractivity contribution in [3.8, 4) is 0 Å². The molecule has 0 aliphatic carbocycles. The van der Waals surface area contributed by atoms with Crippen molar-refractivity contribution >= 4 is 23.6 Å². The number of rotatable bonds is 10. The van der Waals surface area contributed by atoms with E-state index in [0.29, 0.717) is 12.3 Å². The first kappa shape index (κ1) is 32.9. The van der Waals surface area contributed by atoms with Crippen molar-refractivity contribution in [1.29, 1.82) is 0 Å². The molecular weight excluding hydrogens is 502 g/mol. The Morgan fingerprint density at radius 2 is 1.32 bits per heavy atom. The van der Waals surface area contributed by atoms with Crippen LogP contribution in [-0.2, 0) is 14.3 Å². The lowest BCUT2D eigenvalue weighted by molar-refractivity contribution is -0.143. The number of ether oxygens (including phenoxy) is 1. The third kappa shape index (κ3) is 8.83. The van der Waals surface area contributed by atoms with E-state index in [2.05, 4.69) is 24.5 Å². The molecule has 3 atom stereocenters. The number of benzene rings is 2. The van der Waals surface area contributed by atoms with E-state index in [1.165, 1.54) is 0 Å². The number of anilines is 1. The minimum Gasteiger partial charge on any atom is -0.444 e. The van der Waals surface area contributed by atoms with E-state index in [1.54, 1.807) is 32.6 Å². The Kier molecular flexibility index (Phi) is 11.4. The standard InChI is InChI=1S/C33H49N3O4/c1-20(2)18-19-25(7)36(31(38)26(8)34-32(39)40-33(9,10)11)29(27-21(3)14-12-15-22(27)4)30(37)35-28-23(5)16-13-17-24(28)6/h12-17,20,25-26,29H,18-19H2,1-11H3,(H,34,39)(H,35,37). The highest BCUT2D eigenvalue weighted by molar-refractivity contribution is 6.00. The van der Waals surface area contributed by atoms with Gasteiger partial charge in [-0.1, -0.05) is 50.2 Å². The maximum Gasteiger partial charge on any atom is 0.408 e. The van der Waals surface area contributed by atoms with Crippen molar-refractivity contribution in [1.82, 2.24) is 10.2 Å². The fourth-order valence-corrected chi connectivity index (χ4v) is 4.94. The van der Waals surface area contributed by atoms with Crippen LogP contribution in [0.4, 0.5) is 10.5 Å². The van der Waals surface area contributed by atoms with Crippen LogP contribution in [-0.4, -0.2) is 40.5 Å². The van der Waals surface area contributed by atoms with Crippen molar-refractivity contribution in [2.24, 2.45) is 5.92 Å². The van der Waals surface area contributed by atoms with Gasteiger partial charge in [0.1, 0.15) is 17.7 Å². The molecule has 220 valence electrons. The molecule has 0 aliphatic rings.